The predicted octanol–water partition coefficient (Wildman–Crippen LogP) is 0.954. The number of ether oxygens (including phenoxy) is 1. The van der Waals surface area contributed by atoms with E-state index in [1.165, 1.54) is 0 Å². The van der Waals surface area contributed by atoms with Crippen LogP contribution in [0.1, 0.15) is 6.92 Å². The van der Waals surface area contributed by atoms with Crippen LogP contribution in [0.5, 0.6) is 0 Å². The van der Waals surface area contributed by atoms with Crippen LogP contribution >= 0.6 is 11.6 Å². The number of carbonyl (C=O) groups excluding carboxylic acids is 3. The van der Waals surface area contributed by atoms with Crippen molar-refractivity contribution in [2.24, 2.45) is 0 Å². The van der Waals surface area contributed by atoms with Gasteiger partial charge in [0.15, 0.2) is 0 Å². The smallest absolute Gasteiger partial charge is 0.338 e. The Balaban J connectivity index is 0.000000226. The zero-order valence-electron chi connectivity index (χ0n) is 6.87. The molecule has 0 aromatic rings. The van der Waals surface area contributed by atoms with Crippen LogP contribution in [0.15, 0.2) is 24.3 Å². The summed E-state index contributed by atoms with van der Waals surface area (Å²) in [4.78, 5) is 29.7. The lowest BCUT2D eigenvalue weighted by atomic mass is 10.4. The maximum Gasteiger partial charge on any atom is 0.338 e. The lowest BCUT2D eigenvalue weighted by Gasteiger charge is -1.80. The van der Waals surface area contributed by atoms with Gasteiger partial charge in [0.2, 0.25) is 5.24 Å². The molecule has 0 spiro atoms. The second-order valence-electron chi connectivity index (χ2n) is 2.13. The zero-order chi connectivity index (χ0) is 10.4. The molecule has 0 radical (unpaired) electrons. The van der Waals surface area contributed by atoms with Crippen LogP contribution < -0.4 is 0 Å². The topological polar surface area (TPSA) is 60.4 Å². The Morgan fingerprint density at radius 2 is 1.69 bits per heavy atom. The zero-order valence-corrected chi connectivity index (χ0v) is 7.63. The first kappa shape index (κ1) is 11.6. The fourth-order valence-corrected chi connectivity index (χ4v) is 0.303. The van der Waals surface area contributed by atoms with Crippen molar-refractivity contribution in [3.05, 3.63) is 24.3 Å². The van der Waals surface area contributed by atoms with E-state index in [1.54, 1.807) is 6.92 Å². The fourth-order valence-electron chi connectivity index (χ4n) is 0.303. The summed E-state index contributed by atoms with van der Waals surface area (Å²) in [7, 11) is 0. The molecule has 1 aliphatic rings. The standard InChI is InChI=1S/C4H5ClO.C4H2O3/c1-3(2)4(5)6;5-3-1-2-4(6)7-3/h1H2,2H3;1-2H. The first-order valence-electron chi connectivity index (χ1n) is 3.22. The van der Waals surface area contributed by atoms with Gasteiger partial charge in [-0.3, -0.25) is 4.79 Å². The van der Waals surface area contributed by atoms with Gasteiger partial charge in [0.1, 0.15) is 0 Å². The van der Waals surface area contributed by atoms with Gasteiger partial charge in [0.25, 0.3) is 0 Å². The Morgan fingerprint density at radius 3 is 1.77 bits per heavy atom. The molecule has 1 aliphatic heterocycles. The van der Waals surface area contributed by atoms with Crippen LogP contribution in [-0.2, 0) is 19.1 Å². The lowest BCUT2D eigenvalue weighted by molar-refractivity contribution is -0.150. The van der Waals surface area contributed by atoms with Crippen LogP contribution in [0, 0.1) is 0 Å². The molecule has 1 heterocycles. The second-order valence-corrected chi connectivity index (χ2v) is 2.47. The number of hydrogen-bond acceptors (Lipinski definition) is 4. The second kappa shape index (κ2) is 5.27. The number of halogens is 1. The molecule has 0 unspecified atom stereocenters. The molecule has 13 heavy (non-hydrogen) atoms. The fraction of sp³-hybridized carbons (Fsp3) is 0.125. The third kappa shape index (κ3) is 5.81. The SMILES string of the molecule is C=C(C)C(=O)Cl.O=C1C=CC(=O)O1. The molecule has 1 rings (SSSR count). The van der Waals surface area contributed by atoms with E-state index in [4.69, 9.17) is 11.6 Å². The van der Waals surface area contributed by atoms with Crippen molar-refractivity contribution < 1.29 is 19.1 Å². The van der Waals surface area contributed by atoms with Gasteiger partial charge in [0.05, 0.1) is 0 Å². The predicted molar refractivity (Wildman–Crippen MR) is 45.9 cm³/mol. The van der Waals surface area contributed by atoms with Crippen LogP contribution in [0.25, 0.3) is 0 Å². The van der Waals surface area contributed by atoms with Crippen molar-refractivity contribution in [2.75, 3.05) is 0 Å². The van der Waals surface area contributed by atoms with E-state index < -0.39 is 17.2 Å². The lowest BCUT2D eigenvalue weighted by Crippen LogP contribution is -1.96. The van der Waals surface area contributed by atoms with E-state index in [-0.39, 0.29) is 0 Å². The highest BCUT2D eigenvalue weighted by Crippen LogP contribution is 1.92. The number of allylic oxidation sites excluding steroid dienone is 1. The molecule has 0 aromatic carbocycles. The summed E-state index contributed by atoms with van der Waals surface area (Å²) in [5, 5.41) is -0.463. The molecule has 0 saturated carbocycles. The largest absolute Gasteiger partial charge is 0.387 e. The molecule has 4 nitrogen and oxygen atoms in total. The van der Waals surface area contributed by atoms with Crippen molar-refractivity contribution in [3.8, 4) is 0 Å². The normalized spacial score (nSPS) is 13.1. The number of cyclic esters (lactones) is 2. The van der Waals surface area contributed by atoms with E-state index >= 15 is 0 Å². The van der Waals surface area contributed by atoms with E-state index in [1.807, 2.05) is 0 Å². The summed E-state index contributed by atoms with van der Waals surface area (Å²) in [5.41, 5.74) is 0.386. The molecular formula is C8H7ClO4. The Kier molecular flexibility index (Phi) is 4.69. The first-order chi connectivity index (χ1) is 5.93. The third-order valence-electron chi connectivity index (χ3n) is 0.892. The molecule has 0 aliphatic carbocycles. The van der Waals surface area contributed by atoms with Crippen molar-refractivity contribution >= 4 is 28.8 Å². The summed E-state index contributed by atoms with van der Waals surface area (Å²) < 4.78 is 3.97. The number of carbonyl (C=O) groups is 3. The van der Waals surface area contributed by atoms with Crippen molar-refractivity contribution in [3.63, 3.8) is 0 Å². The van der Waals surface area contributed by atoms with Crippen LogP contribution in [0.3, 0.4) is 0 Å². The van der Waals surface area contributed by atoms with E-state index in [9.17, 15) is 14.4 Å². The van der Waals surface area contributed by atoms with Gasteiger partial charge >= 0.3 is 11.9 Å². The maximum atomic E-state index is 9.92. The quantitative estimate of drug-likeness (QED) is 0.275. The molecular weight excluding hydrogens is 196 g/mol. The van der Waals surface area contributed by atoms with Crippen molar-refractivity contribution in [1.29, 1.82) is 0 Å². The van der Waals surface area contributed by atoms with Gasteiger partial charge in [0, 0.05) is 17.7 Å². The molecule has 0 amide bonds. The van der Waals surface area contributed by atoms with E-state index in [0.717, 1.165) is 12.2 Å². The minimum absolute atomic E-state index is 0.386. The molecule has 5 heteroatoms. The summed E-state index contributed by atoms with van der Waals surface area (Å²) >= 11 is 4.87. The summed E-state index contributed by atoms with van der Waals surface area (Å²) in [6.07, 6.45) is 2.17. The van der Waals surface area contributed by atoms with E-state index in [2.05, 4.69) is 11.3 Å². The Hall–Kier alpha value is -1.42. The van der Waals surface area contributed by atoms with E-state index in [0.29, 0.717) is 5.57 Å². The van der Waals surface area contributed by atoms with Gasteiger partial charge in [-0.25, -0.2) is 9.59 Å². The van der Waals surface area contributed by atoms with Crippen LogP contribution in [0.4, 0.5) is 0 Å². The van der Waals surface area contributed by atoms with Gasteiger partial charge in [-0.15, -0.1) is 0 Å². The molecule has 0 atom stereocenters. The Morgan fingerprint density at radius 1 is 1.38 bits per heavy atom. The third-order valence-corrected chi connectivity index (χ3v) is 1.21. The van der Waals surface area contributed by atoms with Gasteiger partial charge in [-0.2, -0.15) is 0 Å². The molecule has 0 aromatic heterocycles. The Labute approximate surface area is 79.8 Å². The highest BCUT2D eigenvalue weighted by Gasteiger charge is 2.10. The molecule has 0 bridgehead atoms. The monoisotopic (exact) mass is 202 g/mol. The number of esters is 2. The average Bonchev–Trinajstić information content (AvgIpc) is 2.35. The minimum Gasteiger partial charge on any atom is -0.387 e. The van der Waals surface area contributed by atoms with Crippen LogP contribution in [0.2, 0.25) is 0 Å². The molecule has 70 valence electrons. The summed E-state index contributed by atoms with van der Waals surface area (Å²) in [6, 6.07) is 0. The molecule has 0 saturated heterocycles. The average molecular weight is 203 g/mol. The van der Waals surface area contributed by atoms with Crippen molar-refractivity contribution in [2.45, 2.75) is 6.92 Å². The van der Waals surface area contributed by atoms with Crippen molar-refractivity contribution in [1.82, 2.24) is 0 Å². The Bertz CT molecular complexity index is 263. The van der Waals surface area contributed by atoms with Crippen LogP contribution in [-0.4, -0.2) is 17.2 Å². The molecule has 0 N–H and O–H groups in total. The summed E-state index contributed by atoms with van der Waals surface area (Å²) in [5.74, 6) is -1.16. The summed E-state index contributed by atoms with van der Waals surface area (Å²) in [6.45, 7) is 4.84. The first-order valence-corrected chi connectivity index (χ1v) is 3.60. The number of rotatable bonds is 1. The van der Waals surface area contributed by atoms with Gasteiger partial charge < -0.3 is 4.74 Å². The minimum atomic E-state index is -0.579. The van der Waals surface area contributed by atoms with Gasteiger partial charge in [-0.05, 0) is 18.5 Å². The highest BCUT2D eigenvalue weighted by atomic mass is 35.5. The maximum absolute atomic E-state index is 9.92. The van der Waals surface area contributed by atoms with Gasteiger partial charge in [-0.1, -0.05) is 6.58 Å². The number of hydrogen-bond donors (Lipinski definition) is 0. The highest BCUT2D eigenvalue weighted by molar-refractivity contribution is 6.67. The molecule has 0 fully saturated rings.